The zero-order chi connectivity index (χ0) is 12.0. The number of carboxylic acids is 1. The predicted octanol–water partition coefficient (Wildman–Crippen LogP) is -0.192. The van der Waals surface area contributed by atoms with Crippen LogP contribution in [-0.4, -0.2) is 66.2 Å². The summed E-state index contributed by atoms with van der Waals surface area (Å²) in [5.41, 5.74) is 0. The summed E-state index contributed by atoms with van der Waals surface area (Å²) >= 11 is 0. The number of piperazine rings is 1. The van der Waals surface area contributed by atoms with Gasteiger partial charge in [-0.2, -0.15) is 0 Å². The van der Waals surface area contributed by atoms with Crippen molar-refractivity contribution in [1.82, 2.24) is 15.1 Å². The highest BCUT2D eigenvalue weighted by molar-refractivity contribution is 5.75. The Bertz CT molecular complexity index is 252. The summed E-state index contributed by atoms with van der Waals surface area (Å²) in [4.78, 5) is 25.8. The summed E-state index contributed by atoms with van der Waals surface area (Å²) in [6, 6.07) is -0.0507. The van der Waals surface area contributed by atoms with Crippen LogP contribution in [0.5, 0.6) is 0 Å². The molecule has 2 N–H and O–H groups in total. The van der Waals surface area contributed by atoms with E-state index in [2.05, 4.69) is 5.32 Å². The lowest BCUT2D eigenvalue weighted by atomic mass is 10.3. The number of amides is 2. The Morgan fingerprint density at radius 2 is 2.00 bits per heavy atom. The first-order valence-corrected chi connectivity index (χ1v) is 5.61. The largest absolute Gasteiger partial charge is 0.481 e. The summed E-state index contributed by atoms with van der Waals surface area (Å²) in [7, 11) is 0. The van der Waals surface area contributed by atoms with Gasteiger partial charge >= 0.3 is 12.0 Å². The van der Waals surface area contributed by atoms with Gasteiger partial charge in [-0.1, -0.05) is 0 Å². The number of hydrogen-bond acceptors (Lipinski definition) is 3. The van der Waals surface area contributed by atoms with Crippen LogP contribution >= 0.6 is 0 Å². The first-order chi connectivity index (χ1) is 7.65. The second-order valence-corrected chi connectivity index (χ2v) is 3.74. The number of carbonyl (C=O) groups excluding carboxylic acids is 1. The topological polar surface area (TPSA) is 72.9 Å². The molecule has 2 amide bonds. The molecule has 0 aromatic heterocycles. The minimum atomic E-state index is -0.869. The summed E-state index contributed by atoms with van der Waals surface area (Å²) < 4.78 is 0. The minimum Gasteiger partial charge on any atom is -0.481 e. The fourth-order valence-electron chi connectivity index (χ4n) is 1.68. The maximum absolute atomic E-state index is 12.0. The molecule has 1 rings (SSSR count). The van der Waals surface area contributed by atoms with Gasteiger partial charge in [0.25, 0.3) is 0 Å². The standard InChI is InChI=1S/C10H19N3O3/c1-2-12(6-3-9(14)15)10(16)13-7-4-11-5-8-13/h11H,2-8H2,1H3,(H,14,15). The van der Waals surface area contributed by atoms with E-state index in [9.17, 15) is 9.59 Å². The lowest BCUT2D eigenvalue weighted by molar-refractivity contribution is -0.137. The number of aliphatic carboxylic acids is 1. The number of carboxylic acid groups (broad SMARTS) is 1. The van der Waals surface area contributed by atoms with E-state index in [4.69, 9.17) is 5.11 Å². The Morgan fingerprint density at radius 3 is 2.50 bits per heavy atom. The van der Waals surface area contributed by atoms with Crippen LogP contribution in [0.4, 0.5) is 4.79 Å². The molecule has 16 heavy (non-hydrogen) atoms. The molecule has 6 heteroatoms. The van der Waals surface area contributed by atoms with E-state index < -0.39 is 5.97 Å². The molecule has 0 saturated carbocycles. The molecule has 0 aromatic rings. The van der Waals surface area contributed by atoms with Gasteiger partial charge in [0, 0.05) is 39.3 Å². The van der Waals surface area contributed by atoms with E-state index in [1.54, 1.807) is 9.80 Å². The molecule has 0 atom stereocenters. The third-order valence-corrected chi connectivity index (χ3v) is 2.64. The third kappa shape index (κ3) is 3.69. The Kier molecular flexibility index (Phi) is 5.04. The van der Waals surface area contributed by atoms with Crippen LogP contribution in [0.3, 0.4) is 0 Å². The van der Waals surface area contributed by atoms with Gasteiger partial charge in [-0.3, -0.25) is 4.79 Å². The van der Waals surface area contributed by atoms with Gasteiger partial charge in [-0.15, -0.1) is 0 Å². The average Bonchev–Trinajstić information content (AvgIpc) is 2.30. The van der Waals surface area contributed by atoms with Crippen LogP contribution in [0.15, 0.2) is 0 Å². The van der Waals surface area contributed by atoms with E-state index in [1.165, 1.54) is 0 Å². The molecule has 6 nitrogen and oxygen atoms in total. The van der Waals surface area contributed by atoms with Crippen molar-refractivity contribution in [3.05, 3.63) is 0 Å². The Labute approximate surface area is 95.2 Å². The Balaban J connectivity index is 2.44. The van der Waals surface area contributed by atoms with E-state index in [0.29, 0.717) is 19.6 Å². The van der Waals surface area contributed by atoms with Gasteiger partial charge in [0.1, 0.15) is 0 Å². The van der Waals surface area contributed by atoms with Crippen molar-refractivity contribution in [3.63, 3.8) is 0 Å². The smallest absolute Gasteiger partial charge is 0.320 e. The summed E-state index contributed by atoms with van der Waals surface area (Å²) in [6.45, 7) is 5.71. The molecule has 0 aliphatic carbocycles. The monoisotopic (exact) mass is 229 g/mol. The fourth-order valence-corrected chi connectivity index (χ4v) is 1.68. The van der Waals surface area contributed by atoms with Crippen molar-refractivity contribution >= 4 is 12.0 Å². The SMILES string of the molecule is CCN(CCC(=O)O)C(=O)N1CCNCC1. The molecular formula is C10H19N3O3. The van der Waals surface area contributed by atoms with Crippen molar-refractivity contribution in [3.8, 4) is 0 Å². The van der Waals surface area contributed by atoms with Crippen molar-refractivity contribution < 1.29 is 14.7 Å². The quantitative estimate of drug-likeness (QED) is 0.700. The van der Waals surface area contributed by atoms with E-state index in [-0.39, 0.29) is 19.0 Å². The number of rotatable bonds is 4. The van der Waals surface area contributed by atoms with Crippen LogP contribution in [-0.2, 0) is 4.79 Å². The molecule has 0 radical (unpaired) electrons. The van der Waals surface area contributed by atoms with Crippen LogP contribution in [0.1, 0.15) is 13.3 Å². The number of nitrogens with one attached hydrogen (secondary N) is 1. The van der Waals surface area contributed by atoms with Crippen LogP contribution in [0.25, 0.3) is 0 Å². The number of urea groups is 1. The van der Waals surface area contributed by atoms with Gasteiger partial charge in [0.2, 0.25) is 0 Å². The molecule has 0 aromatic carbocycles. The van der Waals surface area contributed by atoms with Crippen LogP contribution < -0.4 is 5.32 Å². The second kappa shape index (κ2) is 6.32. The molecule has 0 unspecified atom stereocenters. The van der Waals surface area contributed by atoms with Gasteiger partial charge in [0.05, 0.1) is 6.42 Å². The van der Waals surface area contributed by atoms with E-state index in [1.807, 2.05) is 6.92 Å². The molecule has 1 aliphatic rings. The molecule has 1 saturated heterocycles. The highest BCUT2D eigenvalue weighted by Gasteiger charge is 2.21. The maximum atomic E-state index is 12.0. The van der Waals surface area contributed by atoms with Crippen LogP contribution in [0, 0.1) is 0 Å². The average molecular weight is 229 g/mol. The van der Waals surface area contributed by atoms with Crippen LogP contribution in [0.2, 0.25) is 0 Å². The number of nitrogens with zero attached hydrogens (tertiary/aromatic N) is 2. The van der Waals surface area contributed by atoms with Gasteiger partial charge in [0.15, 0.2) is 0 Å². The predicted molar refractivity (Wildman–Crippen MR) is 59.3 cm³/mol. The number of hydrogen-bond donors (Lipinski definition) is 2. The molecule has 92 valence electrons. The molecular weight excluding hydrogens is 210 g/mol. The van der Waals surface area contributed by atoms with Crippen molar-refractivity contribution in [2.75, 3.05) is 39.3 Å². The van der Waals surface area contributed by atoms with E-state index in [0.717, 1.165) is 13.1 Å². The highest BCUT2D eigenvalue weighted by atomic mass is 16.4. The summed E-state index contributed by atoms with van der Waals surface area (Å²) in [5.74, 6) is -0.869. The Morgan fingerprint density at radius 1 is 1.38 bits per heavy atom. The lowest BCUT2D eigenvalue weighted by Crippen LogP contribution is -2.51. The summed E-state index contributed by atoms with van der Waals surface area (Å²) in [6.07, 6.45) is 0.00562. The molecule has 1 aliphatic heterocycles. The highest BCUT2D eigenvalue weighted by Crippen LogP contribution is 2.02. The van der Waals surface area contributed by atoms with Crippen molar-refractivity contribution in [1.29, 1.82) is 0 Å². The zero-order valence-electron chi connectivity index (χ0n) is 9.61. The molecule has 0 spiro atoms. The molecule has 0 bridgehead atoms. The van der Waals surface area contributed by atoms with Gasteiger partial charge in [-0.05, 0) is 6.92 Å². The zero-order valence-corrected chi connectivity index (χ0v) is 9.61. The first kappa shape index (κ1) is 12.8. The van der Waals surface area contributed by atoms with Crippen molar-refractivity contribution in [2.24, 2.45) is 0 Å². The van der Waals surface area contributed by atoms with Crippen molar-refractivity contribution in [2.45, 2.75) is 13.3 Å². The molecule has 1 fully saturated rings. The lowest BCUT2D eigenvalue weighted by Gasteiger charge is -2.32. The van der Waals surface area contributed by atoms with Gasteiger partial charge in [-0.25, -0.2) is 4.79 Å². The van der Waals surface area contributed by atoms with E-state index >= 15 is 0 Å². The maximum Gasteiger partial charge on any atom is 0.320 e. The third-order valence-electron chi connectivity index (χ3n) is 2.64. The molecule has 1 heterocycles. The normalized spacial score (nSPS) is 15.9. The van der Waals surface area contributed by atoms with Gasteiger partial charge < -0.3 is 20.2 Å². The Hall–Kier alpha value is -1.30. The second-order valence-electron chi connectivity index (χ2n) is 3.74. The number of carbonyl (C=O) groups is 2. The fraction of sp³-hybridized carbons (Fsp3) is 0.800. The minimum absolute atomic E-state index is 0.00562. The summed E-state index contributed by atoms with van der Waals surface area (Å²) in [5, 5.41) is 11.8. The first-order valence-electron chi connectivity index (χ1n) is 5.61.